The van der Waals surface area contributed by atoms with Crippen molar-refractivity contribution in [3.63, 3.8) is 0 Å². The van der Waals surface area contributed by atoms with Crippen molar-refractivity contribution in [3.05, 3.63) is 0 Å². The largest absolute Gasteiger partial charge is 0.328 e. The van der Waals surface area contributed by atoms with E-state index >= 15 is 0 Å². The van der Waals surface area contributed by atoms with Crippen LogP contribution >= 0.6 is 0 Å². The molecule has 1 atom stereocenters. The van der Waals surface area contributed by atoms with Crippen molar-refractivity contribution < 1.29 is 0 Å². The molecule has 60 valence electrons. The number of rotatable bonds is 3. The van der Waals surface area contributed by atoms with E-state index in [2.05, 4.69) is 18.9 Å². The quantitative estimate of drug-likeness (QED) is 0.627. The third kappa shape index (κ3) is 2.27. The summed E-state index contributed by atoms with van der Waals surface area (Å²) in [6, 6.07) is 0.394. The van der Waals surface area contributed by atoms with E-state index in [4.69, 9.17) is 5.73 Å². The first-order chi connectivity index (χ1) is 4.68. The molecule has 10 heavy (non-hydrogen) atoms. The molecule has 0 aromatic rings. The van der Waals surface area contributed by atoms with Gasteiger partial charge in [-0.1, -0.05) is 0 Å². The maximum Gasteiger partial charge on any atom is 0.00190 e. The molecule has 0 radical (unpaired) electrons. The lowest BCUT2D eigenvalue weighted by Crippen LogP contribution is -2.43. The fourth-order valence-electron chi connectivity index (χ4n) is 1.51. The van der Waals surface area contributed by atoms with Crippen LogP contribution in [-0.2, 0) is 0 Å². The van der Waals surface area contributed by atoms with Gasteiger partial charge in [0.2, 0.25) is 0 Å². The summed E-state index contributed by atoms with van der Waals surface area (Å²) in [6.45, 7) is 4.65. The number of nitrogens with zero attached hydrogens (tertiary/aromatic N) is 1. The zero-order valence-corrected chi connectivity index (χ0v) is 7.01. The van der Waals surface area contributed by atoms with Crippen molar-refractivity contribution in [1.29, 1.82) is 0 Å². The van der Waals surface area contributed by atoms with Gasteiger partial charge in [0, 0.05) is 19.1 Å². The molecular formula is C8H18N2. The molecule has 0 saturated carbocycles. The number of hydrogen-bond acceptors (Lipinski definition) is 2. The first-order valence-corrected chi connectivity index (χ1v) is 4.12. The minimum absolute atomic E-state index is 0.394. The Morgan fingerprint density at radius 1 is 1.60 bits per heavy atom. The van der Waals surface area contributed by atoms with Crippen LogP contribution in [-0.4, -0.2) is 31.1 Å². The summed E-state index contributed by atoms with van der Waals surface area (Å²) in [5.74, 6) is 0.941. The summed E-state index contributed by atoms with van der Waals surface area (Å²) in [5.41, 5.74) is 5.64. The predicted molar refractivity (Wildman–Crippen MR) is 43.9 cm³/mol. The number of likely N-dealkylation sites (tertiary alicyclic amines) is 1. The molecule has 1 saturated heterocycles. The Kier molecular flexibility index (Phi) is 2.69. The molecule has 1 rings (SSSR count). The van der Waals surface area contributed by atoms with E-state index in [0.29, 0.717) is 6.04 Å². The normalized spacial score (nSPS) is 24.3. The maximum atomic E-state index is 5.64. The highest BCUT2D eigenvalue weighted by molar-refractivity contribution is 4.77. The molecule has 0 aromatic carbocycles. The first kappa shape index (κ1) is 8.02. The maximum absolute atomic E-state index is 5.64. The third-order valence-corrected chi connectivity index (χ3v) is 2.17. The van der Waals surface area contributed by atoms with Crippen LogP contribution in [0, 0.1) is 5.92 Å². The van der Waals surface area contributed by atoms with E-state index < -0.39 is 0 Å². The minimum Gasteiger partial charge on any atom is -0.328 e. The van der Waals surface area contributed by atoms with Crippen LogP contribution in [0.5, 0.6) is 0 Å². The van der Waals surface area contributed by atoms with Crippen LogP contribution in [0.3, 0.4) is 0 Å². The van der Waals surface area contributed by atoms with Gasteiger partial charge in [0.05, 0.1) is 0 Å². The average Bonchev–Trinajstić information content (AvgIpc) is 1.77. The Morgan fingerprint density at radius 2 is 2.20 bits per heavy atom. The van der Waals surface area contributed by atoms with E-state index in [1.54, 1.807) is 0 Å². The lowest BCUT2D eigenvalue weighted by Gasteiger charge is -2.36. The van der Waals surface area contributed by atoms with Gasteiger partial charge in [-0.2, -0.15) is 0 Å². The van der Waals surface area contributed by atoms with E-state index in [9.17, 15) is 0 Å². The lowest BCUT2D eigenvalue weighted by molar-refractivity contribution is 0.123. The van der Waals surface area contributed by atoms with Crippen molar-refractivity contribution in [1.82, 2.24) is 4.90 Å². The van der Waals surface area contributed by atoms with Crippen molar-refractivity contribution >= 4 is 0 Å². The topological polar surface area (TPSA) is 29.3 Å². The van der Waals surface area contributed by atoms with Gasteiger partial charge in [-0.25, -0.2) is 0 Å². The summed E-state index contributed by atoms with van der Waals surface area (Å²) in [6.07, 6.45) is 2.51. The predicted octanol–water partition coefficient (Wildman–Crippen LogP) is 0.675. The Balaban J connectivity index is 1.95. The van der Waals surface area contributed by atoms with Gasteiger partial charge in [-0.15, -0.1) is 0 Å². The second kappa shape index (κ2) is 3.35. The fourth-order valence-corrected chi connectivity index (χ4v) is 1.51. The second-order valence-corrected chi connectivity index (χ2v) is 3.64. The Bertz CT molecular complexity index is 95.4. The van der Waals surface area contributed by atoms with Crippen molar-refractivity contribution in [2.24, 2.45) is 11.7 Å². The molecule has 1 fully saturated rings. The molecule has 0 amide bonds. The van der Waals surface area contributed by atoms with E-state index in [-0.39, 0.29) is 0 Å². The molecule has 1 aliphatic rings. The number of nitrogens with two attached hydrogens (primary N) is 1. The van der Waals surface area contributed by atoms with Gasteiger partial charge in [-0.3, -0.25) is 0 Å². The molecular weight excluding hydrogens is 124 g/mol. The third-order valence-electron chi connectivity index (χ3n) is 2.17. The van der Waals surface area contributed by atoms with Gasteiger partial charge in [0.25, 0.3) is 0 Å². The van der Waals surface area contributed by atoms with Gasteiger partial charge in [0.15, 0.2) is 0 Å². The van der Waals surface area contributed by atoms with E-state index in [1.807, 2.05) is 0 Å². The molecule has 0 aromatic heterocycles. The van der Waals surface area contributed by atoms with Gasteiger partial charge < -0.3 is 10.6 Å². The van der Waals surface area contributed by atoms with Crippen molar-refractivity contribution in [2.45, 2.75) is 25.8 Å². The van der Waals surface area contributed by atoms with Crippen LogP contribution < -0.4 is 5.73 Å². The standard InChI is InChI=1S/C8H18N2/c1-7(9)3-4-8-5-10(2)6-8/h7-8H,3-6,9H2,1-2H3. The van der Waals surface area contributed by atoms with Crippen LogP contribution in [0.4, 0.5) is 0 Å². The van der Waals surface area contributed by atoms with Crippen LogP contribution in [0.25, 0.3) is 0 Å². The molecule has 0 aliphatic carbocycles. The average molecular weight is 142 g/mol. The molecule has 2 nitrogen and oxygen atoms in total. The zero-order valence-electron chi connectivity index (χ0n) is 7.01. The molecule has 2 N–H and O–H groups in total. The van der Waals surface area contributed by atoms with Crippen LogP contribution in [0.15, 0.2) is 0 Å². The minimum atomic E-state index is 0.394. The highest BCUT2D eigenvalue weighted by Crippen LogP contribution is 2.18. The highest BCUT2D eigenvalue weighted by atomic mass is 15.2. The molecule has 2 heteroatoms. The van der Waals surface area contributed by atoms with E-state index in [1.165, 1.54) is 25.9 Å². The Hall–Kier alpha value is -0.0800. The SMILES string of the molecule is CC(N)CCC1CN(C)C1. The van der Waals surface area contributed by atoms with Crippen LogP contribution in [0.2, 0.25) is 0 Å². The van der Waals surface area contributed by atoms with Gasteiger partial charge in [-0.05, 0) is 32.7 Å². The molecule has 1 unspecified atom stereocenters. The molecule has 1 aliphatic heterocycles. The summed E-state index contributed by atoms with van der Waals surface area (Å²) in [7, 11) is 2.17. The Labute approximate surface area is 63.4 Å². The molecule has 1 heterocycles. The highest BCUT2D eigenvalue weighted by Gasteiger charge is 2.22. The summed E-state index contributed by atoms with van der Waals surface area (Å²) in [4.78, 5) is 2.35. The summed E-state index contributed by atoms with van der Waals surface area (Å²) < 4.78 is 0. The number of hydrogen-bond donors (Lipinski definition) is 1. The van der Waals surface area contributed by atoms with Gasteiger partial charge in [0.1, 0.15) is 0 Å². The molecule has 0 spiro atoms. The van der Waals surface area contributed by atoms with E-state index in [0.717, 1.165) is 5.92 Å². The lowest BCUT2D eigenvalue weighted by atomic mass is 9.94. The second-order valence-electron chi connectivity index (χ2n) is 3.64. The molecule has 0 bridgehead atoms. The smallest absolute Gasteiger partial charge is 0.00190 e. The van der Waals surface area contributed by atoms with Crippen LogP contribution in [0.1, 0.15) is 19.8 Å². The van der Waals surface area contributed by atoms with Crippen molar-refractivity contribution in [3.8, 4) is 0 Å². The monoisotopic (exact) mass is 142 g/mol. The summed E-state index contributed by atoms with van der Waals surface area (Å²) >= 11 is 0. The Morgan fingerprint density at radius 3 is 2.60 bits per heavy atom. The van der Waals surface area contributed by atoms with Gasteiger partial charge >= 0.3 is 0 Å². The van der Waals surface area contributed by atoms with Crippen molar-refractivity contribution in [2.75, 3.05) is 20.1 Å². The fraction of sp³-hybridized carbons (Fsp3) is 1.00. The zero-order chi connectivity index (χ0) is 7.56. The summed E-state index contributed by atoms with van der Waals surface area (Å²) in [5, 5.41) is 0. The first-order valence-electron chi connectivity index (χ1n) is 4.12.